The van der Waals surface area contributed by atoms with Gasteiger partial charge in [0.2, 0.25) is 0 Å². The molecule has 1 aromatic carbocycles. The van der Waals surface area contributed by atoms with Crippen molar-refractivity contribution in [3.05, 3.63) is 35.4 Å². The van der Waals surface area contributed by atoms with Crippen molar-refractivity contribution in [1.29, 1.82) is 0 Å². The van der Waals surface area contributed by atoms with Gasteiger partial charge in [0.1, 0.15) is 0 Å². The van der Waals surface area contributed by atoms with Gasteiger partial charge in [0, 0.05) is 6.54 Å². The van der Waals surface area contributed by atoms with Gasteiger partial charge in [-0.1, -0.05) is 49.9 Å². The SMILES string of the molecule is NCc1ccccc1C1CCCCCC1. The monoisotopic (exact) mass is 203 g/mol. The van der Waals surface area contributed by atoms with E-state index in [2.05, 4.69) is 24.3 Å². The first-order valence-corrected chi connectivity index (χ1v) is 6.19. The highest BCUT2D eigenvalue weighted by Gasteiger charge is 2.16. The van der Waals surface area contributed by atoms with Gasteiger partial charge >= 0.3 is 0 Å². The molecule has 0 amide bonds. The Morgan fingerprint density at radius 3 is 2.33 bits per heavy atom. The third kappa shape index (κ3) is 2.60. The molecule has 0 aromatic heterocycles. The van der Waals surface area contributed by atoms with E-state index in [1.807, 2.05) is 0 Å². The lowest BCUT2D eigenvalue weighted by atomic mass is 9.88. The lowest BCUT2D eigenvalue weighted by Crippen LogP contribution is -2.06. The van der Waals surface area contributed by atoms with E-state index >= 15 is 0 Å². The van der Waals surface area contributed by atoms with Crippen LogP contribution in [-0.2, 0) is 6.54 Å². The molecule has 1 aromatic rings. The average Bonchev–Trinajstić information content (AvgIpc) is 2.57. The maximum atomic E-state index is 5.80. The molecule has 1 saturated carbocycles. The van der Waals surface area contributed by atoms with Crippen LogP contribution in [0.3, 0.4) is 0 Å². The molecule has 82 valence electrons. The van der Waals surface area contributed by atoms with Crippen molar-refractivity contribution in [3.63, 3.8) is 0 Å². The van der Waals surface area contributed by atoms with Crippen LogP contribution in [-0.4, -0.2) is 0 Å². The maximum Gasteiger partial charge on any atom is 0.0180 e. The quantitative estimate of drug-likeness (QED) is 0.730. The molecule has 0 saturated heterocycles. The molecule has 0 spiro atoms. The molecular weight excluding hydrogens is 182 g/mol. The second-order valence-electron chi connectivity index (χ2n) is 4.59. The van der Waals surface area contributed by atoms with Crippen LogP contribution in [0, 0.1) is 0 Å². The van der Waals surface area contributed by atoms with E-state index in [-0.39, 0.29) is 0 Å². The van der Waals surface area contributed by atoms with Gasteiger partial charge in [0.15, 0.2) is 0 Å². The summed E-state index contributed by atoms with van der Waals surface area (Å²) in [6, 6.07) is 8.71. The fourth-order valence-corrected chi connectivity index (χ4v) is 2.71. The summed E-state index contributed by atoms with van der Waals surface area (Å²) in [5, 5.41) is 0. The van der Waals surface area contributed by atoms with Crippen molar-refractivity contribution < 1.29 is 0 Å². The minimum Gasteiger partial charge on any atom is -0.326 e. The topological polar surface area (TPSA) is 26.0 Å². The fraction of sp³-hybridized carbons (Fsp3) is 0.571. The Labute approximate surface area is 92.7 Å². The minimum atomic E-state index is 0.687. The van der Waals surface area contributed by atoms with E-state index < -0.39 is 0 Å². The molecule has 1 heteroatoms. The Hall–Kier alpha value is -0.820. The molecule has 2 rings (SSSR count). The zero-order chi connectivity index (χ0) is 10.5. The zero-order valence-electron chi connectivity index (χ0n) is 9.41. The van der Waals surface area contributed by atoms with Crippen molar-refractivity contribution in [3.8, 4) is 0 Å². The van der Waals surface area contributed by atoms with Crippen molar-refractivity contribution in [2.45, 2.75) is 51.0 Å². The van der Waals surface area contributed by atoms with Gasteiger partial charge in [-0.05, 0) is 29.9 Å². The van der Waals surface area contributed by atoms with E-state index in [9.17, 15) is 0 Å². The third-order valence-electron chi connectivity index (χ3n) is 3.57. The highest BCUT2D eigenvalue weighted by molar-refractivity contribution is 5.30. The number of hydrogen-bond donors (Lipinski definition) is 1. The van der Waals surface area contributed by atoms with E-state index in [0.29, 0.717) is 6.54 Å². The number of benzene rings is 1. The molecule has 15 heavy (non-hydrogen) atoms. The summed E-state index contributed by atoms with van der Waals surface area (Å²) in [4.78, 5) is 0. The van der Waals surface area contributed by atoms with Crippen LogP contribution in [0.1, 0.15) is 55.6 Å². The van der Waals surface area contributed by atoms with E-state index in [1.54, 1.807) is 0 Å². The van der Waals surface area contributed by atoms with E-state index in [4.69, 9.17) is 5.73 Å². The number of rotatable bonds is 2. The van der Waals surface area contributed by atoms with Crippen molar-refractivity contribution in [2.75, 3.05) is 0 Å². The first kappa shape index (κ1) is 10.7. The predicted octanol–water partition coefficient (Wildman–Crippen LogP) is 3.58. The lowest BCUT2D eigenvalue weighted by molar-refractivity contribution is 0.587. The minimum absolute atomic E-state index is 0.687. The number of nitrogens with two attached hydrogens (primary N) is 1. The first-order valence-electron chi connectivity index (χ1n) is 6.19. The maximum absolute atomic E-state index is 5.80. The molecule has 1 fully saturated rings. The largest absolute Gasteiger partial charge is 0.326 e. The summed E-state index contributed by atoms with van der Waals surface area (Å²) in [6.07, 6.45) is 8.34. The van der Waals surface area contributed by atoms with Crippen molar-refractivity contribution in [2.24, 2.45) is 5.73 Å². The molecule has 0 bridgehead atoms. The van der Waals surface area contributed by atoms with Gasteiger partial charge in [-0.15, -0.1) is 0 Å². The van der Waals surface area contributed by atoms with Crippen LogP contribution in [0.4, 0.5) is 0 Å². The Morgan fingerprint density at radius 2 is 1.67 bits per heavy atom. The molecule has 0 heterocycles. The highest BCUT2D eigenvalue weighted by Crippen LogP contribution is 2.33. The summed E-state index contributed by atoms with van der Waals surface area (Å²) in [7, 11) is 0. The molecule has 1 nitrogen and oxygen atoms in total. The molecule has 0 unspecified atom stereocenters. The van der Waals surface area contributed by atoms with Gasteiger partial charge in [0.05, 0.1) is 0 Å². The van der Waals surface area contributed by atoms with Crippen molar-refractivity contribution in [1.82, 2.24) is 0 Å². The lowest BCUT2D eigenvalue weighted by Gasteiger charge is -2.17. The van der Waals surface area contributed by atoms with E-state index in [1.165, 1.54) is 49.7 Å². The van der Waals surface area contributed by atoms with Crippen LogP contribution >= 0.6 is 0 Å². The molecule has 1 aliphatic rings. The Bertz CT molecular complexity index is 298. The van der Waals surface area contributed by atoms with Gasteiger partial charge in [-0.25, -0.2) is 0 Å². The third-order valence-corrected chi connectivity index (χ3v) is 3.57. The summed E-state index contributed by atoms with van der Waals surface area (Å²) in [5.41, 5.74) is 8.66. The van der Waals surface area contributed by atoms with Crippen LogP contribution in [0.25, 0.3) is 0 Å². The Morgan fingerprint density at radius 1 is 1.00 bits per heavy atom. The molecule has 1 aliphatic carbocycles. The van der Waals surface area contributed by atoms with Crippen LogP contribution in [0.2, 0.25) is 0 Å². The normalized spacial score (nSPS) is 18.7. The molecular formula is C14H21N. The summed E-state index contributed by atoms with van der Waals surface area (Å²) >= 11 is 0. The molecule has 0 aliphatic heterocycles. The summed E-state index contributed by atoms with van der Waals surface area (Å²) < 4.78 is 0. The molecule has 2 N–H and O–H groups in total. The van der Waals surface area contributed by atoms with Crippen LogP contribution in [0.15, 0.2) is 24.3 Å². The summed E-state index contributed by atoms with van der Waals surface area (Å²) in [6.45, 7) is 0.687. The van der Waals surface area contributed by atoms with Crippen LogP contribution in [0.5, 0.6) is 0 Å². The Balaban J connectivity index is 2.18. The van der Waals surface area contributed by atoms with Gasteiger partial charge in [-0.2, -0.15) is 0 Å². The fourth-order valence-electron chi connectivity index (χ4n) is 2.71. The first-order chi connectivity index (χ1) is 7.42. The zero-order valence-corrected chi connectivity index (χ0v) is 9.41. The average molecular weight is 203 g/mol. The van der Waals surface area contributed by atoms with Crippen molar-refractivity contribution >= 4 is 0 Å². The smallest absolute Gasteiger partial charge is 0.0180 e. The second-order valence-corrected chi connectivity index (χ2v) is 4.59. The molecule has 0 atom stereocenters. The highest BCUT2D eigenvalue weighted by atomic mass is 14.5. The standard InChI is InChI=1S/C14H21N/c15-11-13-9-5-6-10-14(13)12-7-3-1-2-4-8-12/h5-6,9-10,12H,1-4,7-8,11,15H2. The van der Waals surface area contributed by atoms with Gasteiger partial charge in [0.25, 0.3) is 0 Å². The van der Waals surface area contributed by atoms with Crippen LogP contribution < -0.4 is 5.73 Å². The van der Waals surface area contributed by atoms with Gasteiger partial charge < -0.3 is 5.73 Å². The van der Waals surface area contributed by atoms with Gasteiger partial charge in [-0.3, -0.25) is 0 Å². The number of hydrogen-bond acceptors (Lipinski definition) is 1. The van der Waals surface area contributed by atoms with E-state index in [0.717, 1.165) is 5.92 Å². The predicted molar refractivity (Wildman–Crippen MR) is 64.8 cm³/mol. The summed E-state index contributed by atoms with van der Waals surface area (Å²) in [5.74, 6) is 0.771. The second kappa shape index (κ2) is 5.32. The molecule has 0 radical (unpaired) electrons. The Kier molecular flexibility index (Phi) is 3.79.